The first kappa shape index (κ1) is 23.3. The van der Waals surface area contributed by atoms with Gasteiger partial charge in [-0.1, -0.05) is 84.4 Å². The molecule has 0 spiro atoms. The summed E-state index contributed by atoms with van der Waals surface area (Å²) in [5.41, 5.74) is 5.52. The predicted octanol–water partition coefficient (Wildman–Crippen LogP) is 4.62. The average molecular weight is 429 g/mol. The van der Waals surface area contributed by atoms with Crippen molar-refractivity contribution in [2.24, 2.45) is 0 Å². The Morgan fingerprint density at radius 1 is 0.844 bits per heavy atom. The van der Waals surface area contributed by atoms with Crippen LogP contribution in [0.25, 0.3) is 0 Å². The van der Waals surface area contributed by atoms with Gasteiger partial charge >= 0.3 is 0 Å². The summed E-state index contributed by atoms with van der Waals surface area (Å²) < 4.78 is 0. The van der Waals surface area contributed by atoms with Gasteiger partial charge in [0.25, 0.3) is 0 Å². The lowest BCUT2D eigenvalue weighted by atomic mass is 10.0. The van der Waals surface area contributed by atoms with Gasteiger partial charge in [0.15, 0.2) is 0 Å². The quantitative estimate of drug-likeness (QED) is 0.541. The molecule has 3 rings (SSSR count). The number of carbonyl (C=O) groups is 2. The third-order valence-corrected chi connectivity index (χ3v) is 5.87. The highest BCUT2D eigenvalue weighted by molar-refractivity contribution is 5.88. The summed E-state index contributed by atoms with van der Waals surface area (Å²) in [5.74, 6) is -0.163. The fraction of sp³-hybridized carbons (Fsp3) is 0.286. The molecule has 1 atom stereocenters. The van der Waals surface area contributed by atoms with Crippen LogP contribution in [0.3, 0.4) is 0 Å². The molecule has 1 unspecified atom stereocenters. The molecule has 0 saturated heterocycles. The van der Waals surface area contributed by atoms with Crippen molar-refractivity contribution < 1.29 is 9.59 Å². The number of hydrogen-bond donors (Lipinski definition) is 1. The average Bonchev–Trinajstić information content (AvgIpc) is 2.82. The van der Waals surface area contributed by atoms with E-state index in [-0.39, 0.29) is 11.8 Å². The Hall–Kier alpha value is -3.40. The maximum atomic E-state index is 13.5. The van der Waals surface area contributed by atoms with Crippen molar-refractivity contribution in [1.29, 1.82) is 0 Å². The van der Waals surface area contributed by atoms with Crippen molar-refractivity contribution in [3.05, 3.63) is 107 Å². The number of aryl methyl sites for hydroxylation is 3. The molecular weight excluding hydrogens is 396 g/mol. The van der Waals surface area contributed by atoms with Gasteiger partial charge in [0.05, 0.1) is 0 Å². The molecule has 0 radical (unpaired) electrons. The molecule has 0 bridgehead atoms. The van der Waals surface area contributed by atoms with Gasteiger partial charge in [-0.15, -0.1) is 0 Å². The Labute approximate surface area is 191 Å². The van der Waals surface area contributed by atoms with Gasteiger partial charge in [-0.05, 0) is 42.5 Å². The molecule has 0 saturated carbocycles. The number of rotatable bonds is 9. The van der Waals surface area contributed by atoms with E-state index in [1.54, 1.807) is 11.9 Å². The van der Waals surface area contributed by atoms with Gasteiger partial charge in [0.1, 0.15) is 6.04 Å². The minimum absolute atomic E-state index is 0.0154. The standard InChI is InChI=1S/C28H32N2O2/c1-21-13-15-23(16-14-21)17-18-27(31)30(20-25-12-8-7-9-22(25)2)26(28(32)29-3)19-24-10-5-4-6-11-24/h4-16,26H,17-20H2,1-3H3,(H,29,32). The van der Waals surface area contributed by atoms with Crippen molar-refractivity contribution in [2.45, 2.75) is 45.7 Å². The monoisotopic (exact) mass is 428 g/mol. The third kappa shape index (κ3) is 6.30. The number of amides is 2. The van der Waals surface area contributed by atoms with Crippen LogP contribution < -0.4 is 5.32 Å². The molecule has 4 heteroatoms. The van der Waals surface area contributed by atoms with Crippen LogP contribution in [0.15, 0.2) is 78.9 Å². The Kier molecular flexibility index (Phi) is 8.20. The van der Waals surface area contributed by atoms with Crippen LogP contribution in [-0.4, -0.2) is 29.8 Å². The molecular formula is C28H32N2O2. The van der Waals surface area contributed by atoms with E-state index in [0.29, 0.717) is 25.8 Å². The summed E-state index contributed by atoms with van der Waals surface area (Å²) in [4.78, 5) is 28.2. The topological polar surface area (TPSA) is 49.4 Å². The highest BCUT2D eigenvalue weighted by atomic mass is 16.2. The van der Waals surface area contributed by atoms with Crippen LogP contribution in [0.2, 0.25) is 0 Å². The Morgan fingerprint density at radius 2 is 1.50 bits per heavy atom. The molecule has 0 aliphatic carbocycles. The molecule has 0 aliphatic heterocycles. The zero-order chi connectivity index (χ0) is 22.9. The van der Waals surface area contributed by atoms with Crippen molar-refractivity contribution in [2.75, 3.05) is 7.05 Å². The number of likely N-dealkylation sites (N-methyl/N-ethyl adjacent to an activating group) is 1. The number of carbonyl (C=O) groups excluding carboxylic acids is 2. The van der Waals surface area contributed by atoms with E-state index < -0.39 is 6.04 Å². The maximum Gasteiger partial charge on any atom is 0.242 e. The molecule has 32 heavy (non-hydrogen) atoms. The second-order valence-electron chi connectivity index (χ2n) is 8.25. The van der Waals surface area contributed by atoms with Crippen LogP contribution in [0.5, 0.6) is 0 Å². The predicted molar refractivity (Wildman–Crippen MR) is 129 cm³/mol. The molecule has 0 aliphatic rings. The molecule has 1 N–H and O–H groups in total. The Morgan fingerprint density at radius 3 is 2.16 bits per heavy atom. The summed E-state index contributed by atoms with van der Waals surface area (Å²) in [6.07, 6.45) is 1.48. The number of nitrogens with one attached hydrogen (secondary N) is 1. The first-order valence-corrected chi connectivity index (χ1v) is 11.1. The Bertz CT molecular complexity index is 1030. The highest BCUT2D eigenvalue weighted by Gasteiger charge is 2.29. The summed E-state index contributed by atoms with van der Waals surface area (Å²) in [6.45, 7) is 4.50. The summed E-state index contributed by atoms with van der Waals surface area (Å²) in [6, 6.07) is 25.6. The lowest BCUT2D eigenvalue weighted by Crippen LogP contribution is -2.49. The van der Waals surface area contributed by atoms with E-state index in [4.69, 9.17) is 0 Å². The molecule has 166 valence electrons. The molecule has 0 heterocycles. The molecule has 3 aromatic carbocycles. The normalized spacial score (nSPS) is 11.6. The summed E-state index contributed by atoms with van der Waals surface area (Å²) in [7, 11) is 1.63. The SMILES string of the molecule is CNC(=O)C(Cc1ccccc1)N(Cc1ccccc1C)C(=O)CCc1ccc(C)cc1. The summed E-state index contributed by atoms with van der Waals surface area (Å²) in [5, 5.41) is 2.77. The molecule has 2 amide bonds. The first-order valence-electron chi connectivity index (χ1n) is 11.1. The first-order chi connectivity index (χ1) is 15.5. The third-order valence-electron chi connectivity index (χ3n) is 5.87. The van der Waals surface area contributed by atoms with E-state index in [2.05, 4.69) is 36.5 Å². The van der Waals surface area contributed by atoms with Crippen LogP contribution in [0.1, 0.15) is 34.2 Å². The fourth-order valence-electron chi connectivity index (χ4n) is 3.84. The van der Waals surface area contributed by atoms with Crippen molar-refractivity contribution in [3.63, 3.8) is 0 Å². The van der Waals surface area contributed by atoms with Crippen LogP contribution in [-0.2, 0) is 29.0 Å². The number of nitrogens with zero attached hydrogens (tertiary/aromatic N) is 1. The number of hydrogen-bond acceptors (Lipinski definition) is 2. The molecule has 0 fully saturated rings. The smallest absolute Gasteiger partial charge is 0.242 e. The second kappa shape index (κ2) is 11.3. The Balaban J connectivity index is 1.87. The molecule has 3 aromatic rings. The van der Waals surface area contributed by atoms with Crippen LogP contribution in [0, 0.1) is 13.8 Å². The van der Waals surface area contributed by atoms with Gasteiger partial charge in [0, 0.05) is 26.4 Å². The number of benzene rings is 3. The minimum Gasteiger partial charge on any atom is -0.357 e. The van der Waals surface area contributed by atoms with Crippen molar-refractivity contribution >= 4 is 11.8 Å². The molecule has 0 aromatic heterocycles. The van der Waals surface area contributed by atoms with Gasteiger partial charge in [-0.3, -0.25) is 9.59 Å². The van der Waals surface area contributed by atoms with Crippen LogP contribution >= 0.6 is 0 Å². The fourth-order valence-corrected chi connectivity index (χ4v) is 3.84. The van der Waals surface area contributed by atoms with Crippen molar-refractivity contribution in [3.8, 4) is 0 Å². The zero-order valence-corrected chi connectivity index (χ0v) is 19.2. The maximum absolute atomic E-state index is 13.5. The van der Waals surface area contributed by atoms with E-state index in [1.807, 2.05) is 61.5 Å². The van der Waals surface area contributed by atoms with Gasteiger partial charge < -0.3 is 10.2 Å². The van der Waals surface area contributed by atoms with E-state index in [9.17, 15) is 9.59 Å². The van der Waals surface area contributed by atoms with E-state index >= 15 is 0 Å². The van der Waals surface area contributed by atoms with Gasteiger partial charge in [-0.25, -0.2) is 0 Å². The van der Waals surface area contributed by atoms with Gasteiger partial charge in [-0.2, -0.15) is 0 Å². The lowest BCUT2D eigenvalue weighted by Gasteiger charge is -2.31. The molecule has 4 nitrogen and oxygen atoms in total. The van der Waals surface area contributed by atoms with E-state index in [1.165, 1.54) is 5.56 Å². The highest BCUT2D eigenvalue weighted by Crippen LogP contribution is 2.18. The zero-order valence-electron chi connectivity index (χ0n) is 19.2. The van der Waals surface area contributed by atoms with Gasteiger partial charge in [0.2, 0.25) is 11.8 Å². The summed E-state index contributed by atoms with van der Waals surface area (Å²) >= 11 is 0. The second-order valence-corrected chi connectivity index (χ2v) is 8.25. The minimum atomic E-state index is -0.576. The van der Waals surface area contributed by atoms with Crippen molar-refractivity contribution in [1.82, 2.24) is 10.2 Å². The van der Waals surface area contributed by atoms with Crippen LogP contribution in [0.4, 0.5) is 0 Å². The van der Waals surface area contributed by atoms with E-state index in [0.717, 1.165) is 22.3 Å². The largest absolute Gasteiger partial charge is 0.357 e. The lowest BCUT2D eigenvalue weighted by molar-refractivity contribution is -0.141.